The molecule has 1 atom stereocenters. The van der Waals surface area contributed by atoms with Crippen LogP contribution in [0.2, 0.25) is 0 Å². The van der Waals surface area contributed by atoms with Crippen molar-refractivity contribution in [2.24, 2.45) is 12.5 Å². The lowest BCUT2D eigenvalue weighted by atomic mass is 9.93. The number of amides is 1. The first kappa shape index (κ1) is 20.4. The second-order valence-electron chi connectivity index (χ2n) is 7.04. The van der Waals surface area contributed by atoms with Gasteiger partial charge in [0.25, 0.3) is 5.56 Å². The van der Waals surface area contributed by atoms with E-state index >= 15 is 0 Å². The van der Waals surface area contributed by atoms with Crippen molar-refractivity contribution in [3.63, 3.8) is 0 Å². The Hall–Kier alpha value is -1.92. The zero-order valence-electron chi connectivity index (χ0n) is 16.0. The maximum absolute atomic E-state index is 13.0. The maximum Gasteiger partial charge on any atom is 0.261 e. The Bertz CT molecular complexity index is 848. The first-order valence-electron chi connectivity index (χ1n) is 8.56. The molecule has 26 heavy (non-hydrogen) atoms. The smallest absolute Gasteiger partial charge is 0.261 e. The molecule has 0 aliphatic heterocycles. The van der Waals surface area contributed by atoms with E-state index in [0.29, 0.717) is 29.9 Å². The molecule has 1 aromatic heterocycles. The lowest BCUT2D eigenvalue weighted by Crippen LogP contribution is -2.46. The van der Waals surface area contributed by atoms with Crippen LogP contribution >= 0.6 is 11.6 Å². The summed E-state index contributed by atoms with van der Waals surface area (Å²) in [5.74, 6) is 0.634. The van der Waals surface area contributed by atoms with Gasteiger partial charge in [0.1, 0.15) is 5.82 Å². The fraction of sp³-hybridized carbons (Fsp3) is 0.526. The number of nitrogens with zero attached hydrogens (tertiary/aromatic N) is 3. The van der Waals surface area contributed by atoms with E-state index in [-0.39, 0.29) is 17.3 Å². The number of methoxy groups -OCH3 is 1. The predicted molar refractivity (Wildman–Crippen MR) is 103 cm³/mol. The van der Waals surface area contributed by atoms with E-state index in [1.807, 2.05) is 32.9 Å². The number of fused-ring (bicyclic) bond motifs is 1. The molecule has 1 aromatic carbocycles. The summed E-state index contributed by atoms with van der Waals surface area (Å²) in [5.41, 5.74) is -0.236. The van der Waals surface area contributed by atoms with Crippen LogP contribution in [0.1, 0.15) is 32.6 Å². The van der Waals surface area contributed by atoms with Gasteiger partial charge in [-0.1, -0.05) is 12.1 Å². The molecule has 0 N–H and O–H groups in total. The molecule has 6 nitrogen and oxygen atoms in total. The van der Waals surface area contributed by atoms with Gasteiger partial charge < -0.3 is 9.64 Å². The second-order valence-corrected chi connectivity index (χ2v) is 7.30. The average molecular weight is 380 g/mol. The molecule has 0 saturated heterocycles. The fourth-order valence-corrected chi connectivity index (χ4v) is 2.97. The third kappa shape index (κ3) is 3.91. The first-order chi connectivity index (χ1) is 12.2. The van der Waals surface area contributed by atoms with E-state index in [1.54, 1.807) is 31.2 Å². The molecule has 0 aliphatic rings. The molecule has 0 aliphatic carbocycles. The van der Waals surface area contributed by atoms with Crippen LogP contribution in [0.4, 0.5) is 0 Å². The van der Waals surface area contributed by atoms with Crippen LogP contribution in [-0.2, 0) is 16.6 Å². The number of para-hydroxylation sites is 1. The van der Waals surface area contributed by atoms with Crippen LogP contribution in [-0.4, -0.2) is 46.5 Å². The number of aromatic nitrogens is 2. The molecular weight excluding hydrogens is 354 g/mol. The van der Waals surface area contributed by atoms with Gasteiger partial charge in [-0.25, -0.2) is 4.98 Å². The van der Waals surface area contributed by atoms with E-state index < -0.39 is 11.5 Å². The van der Waals surface area contributed by atoms with Gasteiger partial charge in [0.15, 0.2) is 0 Å². The standard InChI is InChI=1S/C19H26ClN3O3/c1-13(23(10-11-26-5)18(25)19(2,3)12-20)16-21-15-9-7-6-8-14(15)17(24)22(16)4/h6-9,13H,10-12H2,1-5H3. The summed E-state index contributed by atoms with van der Waals surface area (Å²) >= 11 is 6.00. The van der Waals surface area contributed by atoms with E-state index in [0.717, 1.165) is 0 Å². The number of ether oxygens (including phenoxy) is 1. The Labute approximate surface area is 158 Å². The first-order valence-corrected chi connectivity index (χ1v) is 9.09. The van der Waals surface area contributed by atoms with Crippen LogP contribution in [0.25, 0.3) is 10.9 Å². The van der Waals surface area contributed by atoms with E-state index in [2.05, 4.69) is 4.98 Å². The number of alkyl halides is 1. The van der Waals surface area contributed by atoms with E-state index in [1.165, 1.54) is 4.57 Å². The molecule has 0 bridgehead atoms. The molecular formula is C19H26ClN3O3. The monoisotopic (exact) mass is 379 g/mol. The normalized spacial score (nSPS) is 13.0. The number of hydrogen-bond acceptors (Lipinski definition) is 4. The summed E-state index contributed by atoms with van der Waals surface area (Å²) in [6.45, 7) is 6.26. The fourth-order valence-electron chi connectivity index (χ4n) is 2.85. The number of hydrogen-bond donors (Lipinski definition) is 0. The summed E-state index contributed by atoms with van der Waals surface area (Å²) in [4.78, 5) is 32.1. The molecule has 1 heterocycles. The third-order valence-corrected chi connectivity index (χ3v) is 5.24. The van der Waals surface area contributed by atoms with Gasteiger partial charge in [-0.05, 0) is 32.9 Å². The highest BCUT2D eigenvalue weighted by molar-refractivity contribution is 6.19. The minimum atomic E-state index is -0.723. The van der Waals surface area contributed by atoms with Crippen molar-refractivity contribution in [1.82, 2.24) is 14.5 Å². The Morgan fingerprint density at radius 1 is 1.38 bits per heavy atom. The largest absolute Gasteiger partial charge is 0.383 e. The number of benzene rings is 1. The van der Waals surface area contributed by atoms with Crippen molar-refractivity contribution < 1.29 is 9.53 Å². The topological polar surface area (TPSA) is 64.4 Å². The minimum absolute atomic E-state index is 0.0977. The SMILES string of the molecule is COCCN(C(=O)C(C)(C)CCl)C(C)c1nc2ccccc2c(=O)n1C. The van der Waals surface area contributed by atoms with Gasteiger partial charge in [-0.3, -0.25) is 14.2 Å². The molecule has 142 valence electrons. The molecule has 0 spiro atoms. The van der Waals surface area contributed by atoms with Crippen LogP contribution < -0.4 is 5.56 Å². The van der Waals surface area contributed by atoms with Crippen LogP contribution in [0.3, 0.4) is 0 Å². The Kier molecular flexibility index (Phi) is 6.42. The van der Waals surface area contributed by atoms with Crippen LogP contribution in [0, 0.1) is 5.41 Å². The zero-order chi connectivity index (χ0) is 19.5. The van der Waals surface area contributed by atoms with Crippen molar-refractivity contribution in [1.29, 1.82) is 0 Å². The van der Waals surface area contributed by atoms with Crippen molar-refractivity contribution in [2.75, 3.05) is 26.1 Å². The van der Waals surface area contributed by atoms with Gasteiger partial charge in [-0.2, -0.15) is 0 Å². The number of carbonyl (C=O) groups excluding carboxylic acids is 1. The molecule has 2 aromatic rings. The molecule has 1 amide bonds. The number of halogens is 1. The molecule has 2 rings (SSSR count). The van der Waals surface area contributed by atoms with Crippen molar-refractivity contribution >= 4 is 28.4 Å². The highest BCUT2D eigenvalue weighted by atomic mass is 35.5. The summed E-state index contributed by atoms with van der Waals surface area (Å²) in [6.07, 6.45) is 0. The van der Waals surface area contributed by atoms with Gasteiger partial charge in [0.2, 0.25) is 5.91 Å². The maximum atomic E-state index is 13.0. The minimum Gasteiger partial charge on any atom is -0.383 e. The van der Waals surface area contributed by atoms with Gasteiger partial charge in [-0.15, -0.1) is 11.6 Å². The predicted octanol–water partition coefficient (Wildman–Crippen LogP) is 2.73. The summed E-state index contributed by atoms with van der Waals surface area (Å²) in [7, 11) is 3.27. The van der Waals surface area contributed by atoms with Gasteiger partial charge in [0, 0.05) is 26.6 Å². The van der Waals surface area contributed by atoms with Crippen molar-refractivity contribution in [2.45, 2.75) is 26.8 Å². The summed E-state index contributed by atoms with van der Waals surface area (Å²) in [6, 6.07) is 6.81. The van der Waals surface area contributed by atoms with Crippen molar-refractivity contribution in [3.05, 3.63) is 40.4 Å². The lowest BCUT2D eigenvalue weighted by molar-refractivity contribution is -0.142. The van der Waals surface area contributed by atoms with E-state index in [9.17, 15) is 9.59 Å². The van der Waals surface area contributed by atoms with Crippen LogP contribution in [0.15, 0.2) is 29.1 Å². The number of carbonyl (C=O) groups is 1. The number of rotatable bonds is 7. The van der Waals surface area contributed by atoms with Gasteiger partial charge in [0.05, 0.1) is 29.0 Å². The summed E-state index contributed by atoms with van der Waals surface area (Å²) in [5, 5.41) is 0.557. The molecule has 7 heteroatoms. The van der Waals surface area contributed by atoms with Gasteiger partial charge >= 0.3 is 0 Å². The summed E-state index contributed by atoms with van der Waals surface area (Å²) < 4.78 is 6.67. The highest BCUT2D eigenvalue weighted by Crippen LogP contribution is 2.27. The highest BCUT2D eigenvalue weighted by Gasteiger charge is 2.35. The molecule has 0 fully saturated rings. The lowest BCUT2D eigenvalue weighted by Gasteiger charge is -2.35. The van der Waals surface area contributed by atoms with Crippen LogP contribution in [0.5, 0.6) is 0 Å². The average Bonchev–Trinajstić information content (AvgIpc) is 2.64. The quantitative estimate of drug-likeness (QED) is 0.694. The zero-order valence-corrected chi connectivity index (χ0v) is 16.7. The molecule has 0 radical (unpaired) electrons. The molecule has 1 unspecified atom stereocenters. The Morgan fingerprint density at radius 2 is 2.04 bits per heavy atom. The Morgan fingerprint density at radius 3 is 2.65 bits per heavy atom. The Balaban J connectivity index is 2.53. The third-order valence-electron chi connectivity index (χ3n) is 4.57. The van der Waals surface area contributed by atoms with E-state index in [4.69, 9.17) is 16.3 Å². The van der Waals surface area contributed by atoms with Crippen molar-refractivity contribution in [3.8, 4) is 0 Å². The second kappa shape index (κ2) is 8.18. The molecule has 0 saturated carbocycles.